The fourth-order valence-corrected chi connectivity index (χ4v) is 5.32. The molecule has 3 N–H and O–H groups in total. The van der Waals surface area contributed by atoms with Crippen LogP contribution in [0.5, 0.6) is 0 Å². The van der Waals surface area contributed by atoms with Crippen molar-refractivity contribution >= 4 is 34.7 Å². The Hall–Kier alpha value is -3.45. The van der Waals surface area contributed by atoms with Crippen LogP contribution in [0, 0.1) is 0 Å². The molecule has 1 saturated carbocycles. The number of nitrogens with zero attached hydrogens (tertiary/aromatic N) is 1. The third-order valence-corrected chi connectivity index (χ3v) is 7.52. The number of fused-ring (bicyclic) bond motifs is 1. The highest BCUT2D eigenvalue weighted by Gasteiger charge is 2.21. The quantitative estimate of drug-likeness (QED) is 0.402. The molecule has 2 aromatic carbocycles. The lowest BCUT2D eigenvalue weighted by molar-refractivity contribution is 0.0949. The molecule has 5 rings (SSSR count). The summed E-state index contributed by atoms with van der Waals surface area (Å²) >= 11 is 1.61. The van der Waals surface area contributed by atoms with Gasteiger partial charge in [0.15, 0.2) is 0 Å². The number of benzene rings is 2. The van der Waals surface area contributed by atoms with E-state index in [0.29, 0.717) is 36.1 Å². The zero-order chi connectivity index (χ0) is 24.0. The Balaban J connectivity index is 1.20. The maximum absolute atomic E-state index is 12.9. The van der Waals surface area contributed by atoms with Crippen LogP contribution in [0.4, 0.5) is 5.69 Å². The molecule has 2 heterocycles. The largest absolute Gasteiger partial charge is 0.382 e. The summed E-state index contributed by atoms with van der Waals surface area (Å²) in [5, 5.41) is 11.5. The van der Waals surface area contributed by atoms with E-state index in [0.717, 1.165) is 21.7 Å². The van der Waals surface area contributed by atoms with E-state index in [9.17, 15) is 9.59 Å². The second-order valence-corrected chi connectivity index (χ2v) is 10.2. The van der Waals surface area contributed by atoms with Crippen LogP contribution in [0.2, 0.25) is 0 Å². The standard InChI is InChI=1S/C28H30N4O2S/c33-27(30-18-24-8-5-15-35-24)20-9-10-21-17-29-26(25(21)16-20)32-28(34)19-11-13-23(14-12-19)31-22-6-3-1-2-4-7-22/h5,8-16,22,31H,1-4,6-7,17-18H2,(H,30,33)(H,29,32,34). The Kier molecular flexibility index (Phi) is 7.23. The molecule has 180 valence electrons. The van der Waals surface area contributed by atoms with Gasteiger partial charge in [0.1, 0.15) is 5.84 Å². The Morgan fingerprint density at radius 3 is 2.43 bits per heavy atom. The van der Waals surface area contributed by atoms with E-state index in [1.807, 2.05) is 60.0 Å². The molecular weight excluding hydrogens is 456 g/mol. The molecule has 7 heteroatoms. The van der Waals surface area contributed by atoms with Crippen molar-refractivity contribution < 1.29 is 9.59 Å². The van der Waals surface area contributed by atoms with Crippen molar-refractivity contribution in [2.45, 2.75) is 57.7 Å². The van der Waals surface area contributed by atoms with Gasteiger partial charge in [-0.05, 0) is 66.2 Å². The number of rotatable bonds is 6. The van der Waals surface area contributed by atoms with Crippen molar-refractivity contribution in [3.8, 4) is 0 Å². The lowest BCUT2D eigenvalue weighted by Crippen LogP contribution is -2.30. The van der Waals surface area contributed by atoms with Crippen LogP contribution in [0.3, 0.4) is 0 Å². The molecule has 0 bridgehead atoms. The number of carbonyl (C=O) groups is 2. The average molecular weight is 487 g/mol. The Labute approximate surface area is 209 Å². The van der Waals surface area contributed by atoms with E-state index in [2.05, 4.69) is 20.9 Å². The van der Waals surface area contributed by atoms with Gasteiger partial charge in [0.25, 0.3) is 11.8 Å². The van der Waals surface area contributed by atoms with Crippen LogP contribution >= 0.6 is 11.3 Å². The van der Waals surface area contributed by atoms with Gasteiger partial charge in [-0.15, -0.1) is 11.3 Å². The van der Waals surface area contributed by atoms with Gasteiger partial charge in [-0.3, -0.25) is 14.6 Å². The summed E-state index contributed by atoms with van der Waals surface area (Å²) in [5.41, 5.74) is 3.98. The monoisotopic (exact) mass is 486 g/mol. The number of hydrogen-bond acceptors (Lipinski definition) is 5. The van der Waals surface area contributed by atoms with Crippen molar-refractivity contribution in [1.29, 1.82) is 0 Å². The van der Waals surface area contributed by atoms with Crippen LogP contribution in [0.15, 0.2) is 65.0 Å². The Morgan fingerprint density at radius 1 is 0.914 bits per heavy atom. The molecule has 2 amide bonds. The number of carbonyl (C=O) groups excluding carboxylic acids is 2. The number of hydrogen-bond donors (Lipinski definition) is 3. The number of aliphatic imine (C=N–C) groups is 1. The Morgan fingerprint density at radius 2 is 1.69 bits per heavy atom. The molecule has 35 heavy (non-hydrogen) atoms. The van der Waals surface area contributed by atoms with Gasteiger partial charge in [0.05, 0.1) is 13.1 Å². The molecule has 0 radical (unpaired) electrons. The smallest absolute Gasteiger partial charge is 0.256 e. The van der Waals surface area contributed by atoms with E-state index in [-0.39, 0.29) is 11.8 Å². The maximum atomic E-state index is 12.9. The number of nitrogens with one attached hydrogen (secondary N) is 3. The highest BCUT2D eigenvalue weighted by molar-refractivity contribution is 7.09. The summed E-state index contributed by atoms with van der Waals surface area (Å²) in [6, 6.07) is 17.6. The van der Waals surface area contributed by atoms with E-state index >= 15 is 0 Å². The van der Waals surface area contributed by atoms with Crippen LogP contribution in [0.1, 0.15) is 75.2 Å². The molecule has 0 saturated heterocycles. The van der Waals surface area contributed by atoms with Crippen molar-refractivity contribution in [2.75, 3.05) is 5.32 Å². The Bertz CT molecular complexity index is 1210. The van der Waals surface area contributed by atoms with Gasteiger partial charge in [0, 0.05) is 33.3 Å². The van der Waals surface area contributed by atoms with E-state index < -0.39 is 0 Å². The molecule has 1 aliphatic heterocycles. The summed E-state index contributed by atoms with van der Waals surface area (Å²) in [7, 11) is 0. The van der Waals surface area contributed by atoms with E-state index in [1.54, 1.807) is 11.3 Å². The minimum atomic E-state index is -0.204. The molecule has 6 nitrogen and oxygen atoms in total. The van der Waals surface area contributed by atoms with Crippen molar-refractivity contribution in [3.05, 3.63) is 87.1 Å². The van der Waals surface area contributed by atoms with Crippen LogP contribution < -0.4 is 16.0 Å². The zero-order valence-electron chi connectivity index (χ0n) is 19.7. The molecule has 3 aromatic rings. The summed E-state index contributed by atoms with van der Waals surface area (Å²) in [4.78, 5) is 31.2. The lowest BCUT2D eigenvalue weighted by Gasteiger charge is -2.17. The fraction of sp³-hybridized carbons (Fsp3) is 0.321. The minimum absolute atomic E-state index is 0.143. The predicted octanol–water partition coefficient (Wildman–Crippen LogP) is 5.50. The molecule has 0 atom stereocenters. The molecular formula is C28H30N4O2S. The second-order valence-electron chi connectivity index (χ2n) is 9.16. The van der Waals surface area contributed by atoms with Crippen LogP contribution in [-0.4, -0.2) is 23.7 Å². The molecule has 0 unspecified atom stereocenters. The van der Waals surface area contributed by atoms with Gasteiger partial charge in [-0.2, -0.15) is 0 Å². The van der Waals surface area contributed by atoms with E-state index in [4.69, 9.17) is 0 Å². The number of amides is 2. The average Bonchev–Trinajstić information content (AvgIpc) is 3.47. The van der Waals surface area contributed by atoms with Crippen molar-refractivity contribution in [3.63, 3.8) is 0 Å². The first-order valence-electron chi connectivity index (χ1n) is 12.3. The lowest BCUT2D eigenvalue weighted by atomic mass is 10.0. The summed E-state index contributed by atoms with van der Waals surface area (Å²) in [6.07, 6.45) is 7.61. The number of amidine groups is 1. The fourth-order valence-electron chi connectivity index (χ4n) is 4.67. The van der Waals surface area contributed by atoms with Crippen LogP contribution in [-0.2, 0) is 13.1 Å². The van der Waals surface area contributed by atoms with Gasteiger partial charge in [0.2, 0.25) is 0 Å². The first-order chi connectivity index (χ1) is 17.2. The van der Waals surface area contributed by atoms with E-state index in [1.165, 1.54) is 38.5 Å². The topological polar surface area (TPSA) is 82.6 Å². The van der Waals surface area contributed by atoms with Crippen molar-refractivity contribution in [2.24, 2.45) is 4.99 Å². The zero-order valence-corrected chi connectivity index (χ0v) is 20.5. The predicted molar refractivity (Wildman–Crippen MR) is 141 cm³/mol. The van der Waals surface area contributed by atoms with Gasteiger partial charge < -0.3 is 16.0 Å². The highest BCUT2D eigenvalue weighted by atomic mass is 32.1. The normalized spacial score (nSPS) is 15.6. The second kappa shape index (κ2) is 10.9. The first kappa shape index (κ1) is 23.3. The molecule has 0 spiro atoms. The third kappa shape index (κ3) is 5.80. The number of anilines is 1. The third-order valence-electron chi connectivity index (χ3n) is 6.64. The SMILES string of the molecule is O=C(NCc1cccs1)c1ccc2c(c1)C(NC(=O)c1ccc(NC3CCCCCC3)cc1)=NC2. The summed E-state index contributed by atoms with van der Waals surface area (Å²) < 4.78 is 0. The highest BCUT2D eigenvalue weighted by Crippen LogP contribution is 2.22. The molecule has 1 aliphatic carbocycles. The molecule has 1 aromatic heterocycles. The maximum Gasteiger partial charge on any atom is 0.256 e. The van der Waals surface area contributed by atoms with Crippen LogP contribution in [0.25, 0.3) is 0 Å². The summed E-state index contributed by atoms with van der Waals surface area (Å²) in [6.45, 7) is 0.989. The van der Waals surface area contributed by atoms with Crippen molar-refractivity contribution in [1.82, 2.24) is 10.6 Å². The van der Waals surface area contributed by atoms with Gasteiger partial charge in [-0.25, -0.2) is 0 Å². The molecule has 1 fully saturated rings. The van der Waals surface area contributed by atoms with Gasteiger partial charge >= 0.3 is 0 Å². The first-order valence-corrected chi connectivity index (χ1v) is 13.2. The number of thiophene rings is 1. The summed E-state index contributed by atoms with van der Waals surface area (Å²) in [5.74, 6) is 0.166. The van der Waals surface area contributed by atoms with Gasteiger partial charge in [-0.1, -0.05) is 37.8 Å². The molecule has 2 aliphatic rings. The minimum Gasteiger partial charge on any atom is -0.382 e.